The van der Waals surface area contributed by atoms with Crippen molar-refractivity contribution < 1.29 is 91.9 Å². The van der Waals surface area contributed by atoms with Gasteiger partial charge in [-0.15, -0.1) is 58.3 Å². The molecule has 16 rings (SSSR count). The van der Waals surface area contributed by atoms with Gasteiger partial charge in [0.15, 0.2) is 31.2 Å². The highest BCUT2D eigenvalue weighted by atomic mass is 79.9. The van der Waals surface area contributed by atoms with Gasteiger partial charge in [0.25, 0.3) is 21.5 Å². The number of nitrogen functional groups attached to an aromatic ring is 2. The van der Waals surface area contributed by atoms with Gasteiger partial charge in [-0.25, -0.2) is 16.8 Å². The van der Waals surface area contributed by atoms with Gasteiger partial charge in [0, 0.05) is 69.5 Å². The summed E-state index contributed by atoms with van der Waals surface area (Å²) in [6.45, 7) is 0. The van der Waals surface area contributed by atoms with E-state index in [0.29, 0.717) is 23.2 Å². The number of aromatic nitrogens is 8. The predicted octanol–water partition coefficient (Wildman–Crippen LogP) is 14.1. The summed E-state index contributed by atoms with van der Waals surface area (Å²) >= 11 is 21.2. The third-order valence-electron chi connectivity index (χ3n) is 16.6. The number of nitro benzene ring substituents is 2. The number of nitro groups is 2. The second-order valence-electron chi connectivity index (χ2n) is 24.0. The number of sulfone groups is 2. The first-order chi connectivity index (χ1) is 54.8. The second kappa shape index (κ2) is 37.2. The normalized spacial score (nSPS) is 11.3. The Bertz CT molecular complexity index is 6970. The van der Waals surface area contributed by atoms with Crippen LogP contribution in [0, 0.1) is 20.2 Å². The fourth-order valence-electron chi connectivity index (χ4n) is 11.5. The Morgan fingerprint density at radius 2 is 0.853 bits per heavy atom. The summed E-state index contributed by atoms with van der Waals surface area (Å²) in [6.07, 6.45) is -0.213. The molecular weight excluding hydrogens is 1840 g/mol. The Kier molecular flexibility index (Phi) is 28.0. The van der Waals surface area contributed by atoms with E-state index in [9.17, 15) is 64.7 Å². The molecule has 0 spiro atoms. The van der Waals surface area contributed by atoms with Gasteiger partial charge in [0.2, 0.25) is 0 Å². The number of thiol groups is 2. The molecule has 4 aromatic heterocycles. The Labute approximate surface area is 697 Å². The fraction of sp³-hybridized carbons (Fsp3) is 0.0857. The molecule has 596 valence electrons. The second-order valence-corrected chi connectivity index (χ2v) is 35.5. The predicted molar refractivity (Wildman–Crippen MR) is 450 cm³/mol. The average Bonchev–Trinajstić information content (AvgIpc) is 1.37. The van der Waals surface area contributed by atoms with E-state index >= 15 is 0 Å². The molecule has 0 amide bonds. The molecule has 0 aliphatic rings. The maximum atomic E-state index is 12.2. The molecule has 0 saturated heterocycles. The summed E-state index contributed by atoms with van der Waals surface area (Å²) < 4.78 is 126. The minimum atomic E-state index is -4.58. The molecule has 0 bridgehead atoms. The largest absolute Gasteiger partial charge is 0.481 e. The Balaban J connectivity index is 0.000000148. The van der Waals surface area contributed by atoms with Gasteiger partial charge in [0.1, 0.15) is 27.0 Å². The number of rotatable bonds is 15. The first-order valence-corrected chi connectivity index (χ1v) is 43.5. The number of halogens is 2. The van der Waals surface area contributed by atoms with Crippen molar-refractivity contribution in [2.24, 2.45) is 0 Å². The van der Waals surface area contributed by atoms with Crippen molar-refractivity contribution in [2.75, 3.05) is 23.0 Å². The molecule has 0 aliphatic heterocycles. The van der Waals surface area contributed by atoms with Crippen LogP contribution in [0.25, 0.3) is 106 Å². The van der Waals surface area contributed by atoms with Crippen LogP contribution in [0.3, 0.4) is 0 Å². The molecule has 9 N–H and O–H groups in total. The van der Waals surface area contributed by atoms with E-state index in [0.717, 1.165) is 138 Å². The molecule has 34 nitrogen and oxygen atoms in total. The molecule has 4 heterocycles. The van der Waals surface area contributed by atoms with Gasteiger partial charge in [-0.05, 0) is 197 Å². The molecule has 0 radical (unpaired) electrons. The van der Waals surface area contributed by atoms with E-state index in [1.54, 1.807) is 36.4 Å². The maximum absolute atomic E-state index is 12.2. The number of hydrogen-bond acceptors (Lipinski definition) is 33. The summed E-state index contributed by atoms with van der Waals surface area (Å²) in [5.74, 6) is -7.54. The van der Waals surface area contributed by atoms with E-state index in [1.807, 2.05) is 54.6 Å². The summed E-state index contributed by atoms with van der Waals surface area (Å²) in [5, 5.41) is 83.2. The van der Waals surface area contributed by atoms with Gasteiger partial charge >= 0.3 is 34.5 Å². The molecule has 46 heteroatoms. The van der Waals surface area contributed by atoms with E-state index in [2.05, 4.69) is 120 Å². The van der Waals surface area contributed by atoms with Crippen LogP contribution in [0.4, 0.5) is 22.7 Å². The van der Waals surface area contributed by atoms with Crippen LogP contribution in [0.5, 0.6) is 0 Å². The molecule has 12 aromatic carbocycles. The Hall–Kier alpha value is -11.2. The van der Waals surface area contributed by atoms with Crippen LogP contribution < -0.4 is 11.5 Å². The standard InChI is InChI=1S/C15H12N2O10S.C15H14O6S.C10H2Br2N4S2.C10H4N4S2.C10H10N2S2.C10H8O3S.O3S/c18-12(19)6-2-8-1-3-10-9(14(8)16(22)23)4-5-11(15(10)17(24)25)28(26,27)7-13(20)21;16-14(17)6-2-10-1-3-12-8-13(5-4-11(12)7-10)22(20,21)9-15(18)19;11-5-1-3-4(8-9(5)17-16-14-8)2-6(12)10-7(3)13-15-18-10;1-3-7-10(12-14-15-7)6-2-4-8-9(5(1)6)11-13-16-8;11-9-5-1-3-7(13)10(12)6(5)2-4-8(9)14;11-14(12,13)10-6-5-8-3-1-2-4-9(8)7-10;1-4(2)3/h1,3-5H,2,6-7H2,(H,18,19)(H,20,21);1,3-5,7-8H,2,6,9H2,(H,16,17)(H,18,19);1-2H;1-4H;1-4,13-14H,11-12H2;1-7H,(H,11,12,13);. The van der Waals surface area contributed by atoms with Crippen molar-refractivity contribution in [2.45, 2.75) is 50.2 Å². The number of carboxylic acid groups (broad SMARTS) is 4. The number of aryl methyl sites for hydroxylation is 2. The van der Waals surface area contributed by atoms with E-state index in [4.69, 9.17) is 49.1 Å². The maximum Gasteiger partial charge on any atom is 0.425 e. The molecule has 116 heavy (non-hydrogen) atoms. The number of nitrogens with two attached hydrogens (primary N) is 2. The highest BCUT2D eigenvalue weighted by Crippen LogP contribution is 2.42. The van der Waals surface area contributed by atoms with Crippen molar-refractivity contribution in [1.29, 1.82) is 0 Å². The molecule has 0 fully saturated rings. The van der Waals surface area contributed by atoms with Gasteiger partial charge in [-0.3, -0.25) is 44.0 Å². The molecule has 0 unspecified atom stereocenters. The van der Waals surface area contributed by atoms with Crippen molar-refractivity contribution in [3.8, 4) is 0 Å². The lowest BCUT2D eigenvalue weighted by atomic mass is 10.00. The lowest BCUT2D eigenvalue weighted by Crippen LogP contribution is -2.16. The lowest BCUT2D eigenvalue weighted by Gasteiger charge is -2.09. The zero-order valence-electron chi connectivity index (χ0n) is 58.1. The van der Waals surface area contributed by atoms with Crippen molar-refractivity contribution >= 4 is 296 Å². The number of aliphatic carboxylic acids is 4. The smallest absolute Gasteiger partial charge is 0.425 e. The number of carbonyl (C=O) groups is 4. The number of benzene rings is 12. The number of fused-ring (bicyclic) bond motifs is 14. The molecule has 0 aliphatic carbocycles. The minimum Gasteiger partial charge on any atom is -0.481 e. The minimum absolute atomic E-state index is 0.00958. The van der Waals surface area contributed by atoms with Gasteiger partial charge in [0.05, 0.1) is 60.6 Å². The zero-order valence-corrected chi connectivity index (χ0v) is 69.5. The fourth-order valence-corrected chi connectivity index (χ4v) is 18.3. The number of hydrogen-bond donors (Lipinski definition) is 9. The van der Waals surface area contributed by atoms with E-state index in [-0.39, 0.29) is 39.0 Å². The monoisotopic (exact) mass is 1890 g/mol. The van der Waals surface area contributed by atoms with E-state index < -0.39 is 108 Å². The van der Waals surface area contributed by atoms with Gasteiger partial charge in [-0.2, -0.15) is 8.42 Å². The summed E-state index contributed by atoms with van der Waals surface area (Å²) in [7, 11) is -15.6. The molecule has 0 saturated carbocycles. The van der Waals surface area contributed by atoms with Gasteiger partial charge < -0.3 is 31.9 Å². The Morgan fingerprint density at radius 1 is 0.448 bits per heavy atom. The third-order valence-corrected chi connectivity index (χ3v) is 26.2. The van der Waals surface area contributed by atoms with Crippen LogP contribution in [-0.2, 0) is 72.4 Å². The van der Waals surface area contributed by atoms with Crippen LogP contribution >= 0.6 is 103 Å². The lowest BCUT2D eigenvalue weighted by molar-refractivity contribution is -0.386. The molecule has 16 aromatic rings. The summed E-state index contributed by atoms with van der Waals surface area (Å²) in [4.78, 5) is 64.3. The summed E-state index contributed by atoms with van der Waals surface area (Å²) in [5.41, 5.74) is 16.1. The number of anilines is 2. The van der Waals surface area contributed by atoms with Crippen LogP contribution in [0.15, 0.2) is 197 Å². The number of carboxylic acids is 4. The topological polar surface area (TPSA) is 564 Å². The third kappa shape index (κ3) is 20.7. The van der Waals surface area contributed by atoms with Crippen LogP contribution in [0.2, 0.25) is 0 Å². The van der Waals surface area contributed by atoms with Gasteiger partial charge in [-0.1, -0.05) is 103 Å². The molecular formula is C70H50Br2N12O22S10. The zero-order chi connectivity index (χ0) is 84.4. The average molecular weight is 1890 g/mol. The van der Waals surface area contributed by atoms with Crippen LogP contribution in [0.1, 0.15) is 24.0 Å². The van der Waals surface area contributed by atoms with Crippen molar-refractivity contribution in [1.82, 2.24) is 38.3 Å². The summed E-state index contributed by atoms with van der Waals surface area (Å²) in [6, 6.07) is 45.2. The SMILES string of the molecule is Brc1cc2c(cc(Br)c3snnc32)c2nnsc12.Nc1c(S)ccc2c(N)c(S)ccc12.O=C(O)CCc1ccc2c([N+](=O)[O-])c(S(=O)(=O)CC(=O)O)ccc2c1[N+](=O)[O-].O=C(O)CCc1ccc2cc(S(=O)(=O)CC(=O)O)ccc2c1.O=S(=O)(O)c1ccc2ccccc2c1.O=S(=O)=O.c1cc2c(ccc3snnc32)c2nnsc12. The van der Waals surface area contributed by atoms with E-state index in [1.165, 1.54) is 70.4 Å². The van der Waals surface area contributed by atoms with Crippen molar-refractivity contribution in [3.05, 3.63) is 204 Å². The first-order valence-electron chi connectivity index (χ1n) is 32.2. The van der Waals surface area contributed by atoms with Crippen LogP contribution in [-0.4, -0.2) is 146 Å². The van der Waals surface area contributed by atoms with Crippen molar-refractivity contribution in [3.63, 3.8) is 0 Å². The first kappa shape index (κ1) is 87.2. The Morgan fingerprint density at radius 3 is 1.35 bits per heavy atom. The quantitative estimate of drug-likeness (QED) is 0.0151. The highest BCUT2D eigenvalue weighted by Gasteiger charge is 2.33. The highest BCUT2D eigenvalue weighted by molar-refractivity contribution is 9.11. The molecule has 0 atom stereocenters. The number of nitrogens with zero attached hydrogens (tertiary/aromatic N) is 10.